The molecule has 3 rings (SSSR count). The van der Waals surface area contributed by atoms with Crippen LogP contribution in [0.1, 0.15) is 17.5 Å². The van der Waals surface area contributed by atoms with E-state index in [0.717, 1.165) is 11.6 Å². The summed E-state index contributed by atoms with van der Waals surface area (Å²) in [6.45, 7) is 0.965. The maximum Gasteiger partial charge on any atom is 0.418 e. The molecule has 3 N–H and O–H groups in total. The van der Waals surface area contributed by atoms with Gasteiger partial charge in [0.2, 0.25) is 0 Å². The summed E-state index contributed by atoms with van der Waals surface area (Å²) in [5.41, 5.74) is 0.126. The quantitative estimate of drug-likeness (QED) is 0.671. The highest BCUT2D eigenvalue weighted by Crippen LogP contribution is 2.35. The van der Waals surface area contributed by atoms with Gasteiger partial charge in [-0.3, -0.25) is 4.90 Å². The highest BCUT2D eigenvalue weighted by Gasteiger charge is 2.34. The molecule has 0 radical (unpaired) electrons. The van der Waals surface area contributed by atoms with Gasteiger partial charge in [0.1, 0.15) is 18.6 Å². The molecular formula is C20H23F3N2O3. The number of nitrogens with zero attached hydrogens (tertiary/aromatic N) is 1. The van der Waals surface area contributed by atoms with Crippen molar-refractivity contribution >= 4 is 5.69 Å². The van der Waals surface area contributed by atoms with Crippen molar-refractivity contribution in [2.24, 2.45) is 0 Å². The first kappa shape index (κ1) is 20.4. The number of aliphatic hydroxyl groups is 2. The Bertz CT molecular complexity index is 768. The Morgan fingerprint density at radius 3 is 2.54 bits per heavy atom. The van der Waals surface area contributed by atoms with Gasteiger partial charge in [-0.05, 0) is 36.2 Å². The third kappa shape index (κ3) is 5.15. The van der Waals surface area contributed by atoms with E-state index in [2.05, 4.69) is 5.32 Å². The minimum atomic E-state index is -4.42. The molecule has 152 valence electrons. The van der Waals surface area contributed by atoms with Gasteiger partial charge in [-0.2, -0.15) is 13.2 Å². The van der Waals surface area contributed by atoms with Crippen molar-refractivity contribution in [1.82, 2.24) is 4.90 Å². The van der Waals surface area contributed by atoms with Crippen LogP contribution in [-0.2, 0) is 12.8 Å². The fourth-order valence-corrected chi connectivity index (χ4v) is 3.22. The maximum atomic E-state index is 13.1. The van der Waals surface area contributed by atoms with Crippen LogP contribution < -0.4 is 10.1 Å². The smallest absolute Gasteiger partial charge is 0.418 e. The zero-order valence-corrected chi connectivity index (χ0v) is 15.2. The minimum Gasteiger partial charge on any atom is -0.489 e. The molecule has 0 saturated carbocycles. The number of rotatable bonds is 7. The molecule has 0 bridgehead atoms. The van der Waals surface area contributed by atoms with E-state index < -0.39 is 18.0 Å². The van der Waals surface area contributed by atoms with Crippen LogP contribution in [0, 0.1) is 0 Å². The van der Waals surface area contributed by atoms with Crippen molar-refractivity contribution in [3.8, 4) is 5.75 Å². The molecule has 2 aromatic carbocycles. The Kier molecular flexibility index (Phi) is 6.43. The Labute approximate surface area is 161 Å². The SMILES string of the molecule is OCc1ccc(OCC(O)N2CC[C@H](Nc3ccccc3C(F)(F)F)C2)cc1. The second-order valence-corrected chi connectivity index (χ2v) is 6.76. The van der Waals surface area contributed by atoms with Crippen LogP contribution in [0.2, 0.25) is 0 Å². The van der Waals surface area contributed by atoms with Gasteiger partial charge in [-0.1, -0.05) is 24.3 Å². The second kappa shape index (κ2) is 8.81. The lowest BCUT2D eigenvalue weighted by atomic mass is 10.1. The molecule has 8 heteroatoms. The topological polar surface area (TPSA) is 65.0 Å². The van der Waals surface area contributed by atoms with E-state index in [9.17, 15) is 18.3 Å². The average molecular weight is 396 g/mol. The Morgan fingerprint density at radius 1 is 1.14 bits per heavy atom. The normalized spacial score (nSPS) is 18.8. The monoisotopic (exact) mass is 396 g/mol. The lowest BCUT2D eigenvalue weighted by molar-refractivity contribution is -0.137. The van der Waals surface area contributed by atoms with Crippen LogP contribution in [-0.4, -0.2) is 47.1 Å². The Hall–Kier alpha value is -2.29. The molecule has 1 heterocycles. The van der Waals surface area contributed by atoms with E-state index in [1.165, 1.54) is 12.1 Å². The summed E-state index contributed by atoms with van der Waals surface area (Å²) in [7, 11) is 0. The van der Waals surface area contributed by atoms with Crippen molar-refractivity contribution in [1.29, 1.82) is 0 Å². The summed E-state index contributed by atoms with van der Waals surface area (Å²) in [5, 5.41) is 22.3. The number of likely N-dealkylation sites (tertiary alicyclic amines) is 1. The standard InChI is InChI=1S/C20H23F3N2O3/c21-20(22,23)17-3-1-2-4-18(17)24-15-9-10-25(11-15)19(27)13-28-16-7-5-14(12-26)6-8-16/h1-8,15,19,24,26-27H,9-13H2/t15-,19?/m0/s1. The maximum absolute atomic E-state index is 13.1. The predicted molar refractivity (Wildman–Crippen MR) is 98.9 cm³/mol. The van der Waals surface area contributed by atoms with E-state index in [1.807, 2.05) is 0 Å². The Balaban J connectivity index is 1.52. The van der Waals surface area contributed by atoms with Gasteiger partial charge in [-0.15, -0.1) is 0 Å². The average Bonchev–Trinajstić information content (AvgIpc) is 3.14. The zero-order chi connectivity index (χ0) is 20.1. The van der Waals surface area contributed by atoms with Crippen molar-refractivity contribution in [3.63, 3.8) is 0 Å². The number of hydrogen-bond acceptors (Lipinski definition) is 5. The Morgan fingerprint density at radius 2 is 1.86 bits per heavy atom. The fraction of sp³-hybridized carbons (Fsp3) is 0.400. The molecule has 2 atom stereocenters. The molecule has 5 nitrogen and oxygen atoms in total. The van der Waals surface area contributed by atoms with E-state index in [1.54, 1.807) is 35.2 Å². The van der Waals surface area contributed by atoms with Crippen molar-refractivity contribution < 1.29 is 28.1 Å². The number of halogens is 3. The highest BCUT2D eigenvalue weighted by atomic mass is 19.4. The third-order valence-electron chi connectivity index (χ3n) is 4.74. The van der Waals surface area contributed by atoms with E-state index in [4.69, 9.17) is 9.84 Å². The van der Waals surface area contributed by atoms with Gasteiger partial charge in [0, 0.05) is 24.8 Å². The van der Waals surface area contributed by atoms with Gasteiger partial charge >= 0.3 is 6.18 Å². The van der Waals surface area contributed by atoms with E-state index >= 15 is 0 Å². The molecule has 1 aliphatic rings. The number of benzene rings is 2. The second-order valence-electron chi connectivity index (χ2n) is 6.76. The summed E-state index contributed by atoms with van der Waals surface area (Å²) < 4.78 is 44.9. The van der Waals surface area contributed by atoms with Gasteiger partial charge < -0.3 is 20.3 Å². The highest BCUT2D eigenvalue weighted by molar-refractivity contribution is 5.53. The molecular weight excluding hydrogens is 373 g/mol. The van der Waals surface area contributed by atoms with Crippen LogP contribution in [0.15, 0.2) is 48.5 Å². The minimum absolute atomic E-state index is 0.0460. The molecule has 28 heavy (non-hydrogen) atoms. The molecule has 1 fully saturated rings. The first-order chi connectivity index (χ1) is 13.4. The van der Waals surface area contributed by atoms with E-state index in [-0.39, 0.29) is 24.9 Å². The van der Waals surface area contributed by atoms with Crippen LogP contribution in [0.5, 0.6) is 5.75 Å². The summed E-state index contributed by atoms with van der Waals surface area (Å²) >= 11 is 0. The zero-order valence-electron chi connectivity index (χ0n) is 15.2. The number of ether oxygens (including phenoxy) is 1. The number of anilines is 1. The summed E-state index contributed by atoms with van der Waals surface area (Å²) in [5.74, 6) is 0.573. The largest absolute Gasteiger partial charge is 0.489 e. The molecule has 0 aromatic heterocycles. The number of aliphatic hydroxyl groups excluding tert-OH is 2. The first-order valence-corrected chi connectivity index (χ1v) is 9.04. The molecule has 1 aliphatic heterocycles. The lowest BCUT2D eigenvalue weighted by Crippen LogP contribution is -2.39. The van der Waals surface area contributed by atoms with Crippen molar-refractivity contribution in [2.45, 2.75) is 31.5 Å². The van der Waals surface area contributed by atoms with Crippen LogP contribution in [0.25, 0.3) is 0 Å². The number of nitrogens with one attached hydrogen (secondary N) is 1. The molecule has 0 spiro atoms. The van der Waals surface area contributed by atoms with Crippen molar-refractivity contribution in [2.75, 3.05) is 25.0 Å². The summed E-state index contributed by atoms with van der Waals surface area (Å²) in [6, 6.07) is 12.1. The van der Waals surface area contributed by atoms with Gasteiger partial charge in [-0.25, -0.2) is 0 Å². The lowest BCUT2D eigenvalue weighted by Gasteiger charge is -2.24. The van der Waals surface area contributed by atoms with Crippen LogP contribution in [0.4, 0.5) is 18.9 Å². The van der Waals surface area contributed by atoms with Gasteiger partial charge in [0.05, 0.1) is 12.2 Å². The van der Waals surface area contributed by atoms with Gasteiger partial charge in [0.15, 0.2) is 0 Å². The molecule has 0 aliphatic carbocycles. The first-order valence-electron chi connectivity index (χ1n) is 9.04. The number of para-hydroxylation sites is 1. The van der Waals surface area contributed by atoms with Crippen LogP contribution in [0.3, 0.4) is 0 Å². The summed E-state index contributed by atoms with van der Waals surface area (Å²) in [4.78, 5) is 1.77. The van der Waals surface area contributed by atoms with Crippen LogP contribution >= 0.6 is 0 Å². The number of hydrogen-bond donors (Lipinski definition) is 3. The molecule has 1 unspecified atom stereocenters. The third-order valence-corrected chi connectivity index (χ3v) is 4.74. The molecule has 1 saturated heterocycles. The number of alkyl halides is 3. The van der Waals surface area contributed by atoms with Crippen molar-refractivity contribution in [3.05, 3.63) is 59.7 Å². The fourth-order valence-electron chi connectivity index (χ4n) is 3.22. The molecule has 0 amide bonds. The van der Waals surface area contributed by atoms with E-state index in [0.29, 0.717) is 25.3 Å². The summed E-state index contributed by atoms with van der Waals surface area (Å²) in [6.07, 6.45) is -4.66. The van der Waals surface area contributed by atoms with Gasteiger partial charge in [0.25, 0.3) is 0 Å². The predicted octanol–water partition coefficient (Wildman–Crippen LogP) is 3.08. The molecule has 2 aromatic rings.